The molecule has 2 rings (SSSR count). The fourth-order valence-electron chi connectivity index (χ4n) is 2.64. The van der Waals surface area contributed by atoms with E-state index in [1.807, 2.05) is 6.92 Å². The van der Waals surface area contributed by atoms with Crippen molar-refractivity contribution in [3.63, 3.8) is 0 Å². The van der Waals surface area contributed by atoms with Gasteiger partial charge in [-0.05, 0) is 32.9 Å². The van der Waals surface area contributed by atoms with E-state index in [-0.39, 0.29) is 18.8 Å². The molecule has 0 aromatic rings. The SMILES string of the molecule is CCOC(=O)c1cc(C(=O)CC(C)O)c2c(OCC)ccccc1-2. The molecular formula is C19H22O5. The molecule has 2 aliphatic carbocycles. The van der Waals surface area contributed by atoms with Crippen molar-refractivity contribution >= 4 is 11.8 Å². The van der Waals surface area contributed by atoms with Crippen molar-refractivity contribution in [1.82, 2.24) is 0 Å². The van der Waals surface area contributed by atoms with Crippen molar-refractivity contribution in [3.8, 4) is 16.9 Å². The summed E-state index contributed by atoms with van der Waals surface area (Å²) >= 11 is 0. The van der Waals surface area contributed by atoms with Crippen molar-refractivity contribution < 1.29 is 24.2 Å². The van der Waals surface area contributed by atoms with Gasteiger partial charge in [0.15, 0.2) is 5.78 Å². The number of aliphatic hydroxyl groups is 1. The predicted octanol–water partition coefficient (Wildman–Crippen LogP) is 3.32. The second-order valence-corrected chi connectivity index (χ2v) is 5.47. The van der Waals surface area contributed by atoms with Gasteiger partial charge in [-0.25, -0.2) is 4.79 Å². The first-order chi connectivity index (χ1) is 11.5. The molecule has 5 heteroatoms. The van der Waals surface area contributed by atoms with Crippen LogP contribution in [-0.4, -0.2) is 36.2 Å². The van der Waals surface area contributed by atoms with E-state index in [0.29, 0.717) is 34.6 Å². The van der Waals surface area contributed by atoms with Crippen molar-refractivity contribution in [1.29, 1.82) is 0 Å². The molecule has 0 radical (unpaired) electrons. The van der Waals surface area contributed by atoms with E-state index in [0.717, 1.165) is 0 Å². The van der Waals surface area contributed by atoms with Gasteiger partial charge < -0.3 is 14.6 Å². The number of rotatable bonds is 7. The molecule has 0 aromatic carbocycles. The average molecular weight is 330 g/mol. The van der Waals surface area contributed by atoms with Gasteiger partial charge in [0.2, 0.25) is 0 Å². The van der Waals surface area contributed by atoms with Crippen LogP contribution in [0.4, 0.5) is 0 Å². The van der Waals surface area contributed by atoms with Crippen molar-refractivity contribution in [3.05, 3.63) is 41.5 Å². The van der Waals surface area contributed by atoms with Crippen LogP contribution in [-0.2, 0) is 4.74 Å². The molecule has 0 heterocycles. The van der Waals surface area contributed by atoms with Crippen LogP contribution in [0.2, 0.25) is 0 Å². The van der Waals surface area contributed by atoms with Crippen LogP contribution in [0.25, 0.3) is 11.1 Å². The Bertz CT molecular complexity index is 705. The number of fused-ring (bicyclic) bond motifs is 1. The third-order valence-electron chi connectivity index (χ3n) is 3.56. The smallest absolute Gasteiger partial charge is 0.338 e. The first kappa shape index (κ1) is 17.9. The van der Waals surface area contributed by atoms with Crippen LogP contribution in [0, 0.1) is 0 Å². The van der Waals surface area contributed by atoms with Gasteiger partial charge in [-0.2, -0.15) is 0 Å². The molecule has 0 bridgehead atoms. The molecule has 0 spiro atoms. The highest BCUT2D eigenvalue weighted by Gasteiger charge is 2.27. The fraction of sp³-hybridized carbons (Fsp3) is 0.368. The van der Waals surface area contributed by atoms with Gasteiger partial charge in [-0.15, -0.1) is 0 Å². The average Bonchev–Trinajstić information content (AvgIpc) is 2.78. The highest BCUT2D eigenvalue weighted by Crippen LogP contribution is 2.40. The van der Waals surface area contributed by atoms with Gasteiger partial charge >= 0.3 is 5.97 Å². The number of esters is 1. The molecule has 0 saturated heterocycles. The number of carbonyl (C=O) groups excluding carboxylic acids is 2. The number of aliphatic hydroxyl groups excluding tert-OH is 1. The molecule has 0 saturated carbocycles. The number of hydrogen-bond donors (Lipinski definition) is 1. The minimum Gasteiger partial charge on any atom is -0.493 e. The summed E-state index contributed by atoms with van der Waals surface area (Å²) in [5.41, 5.74) is 1.89. The lowest BCUT2D eigenvalue weighted by Gasteiger charge is -2.09. The van der Waals surface area contributed by atoms with Crippen molar-refractivity contribution in [2.75, 3.05) is 13.2 Å². The van der Waals surface area contributed by atoms with E-state index in [2.05, 4.69) is 0 Å². The summed E-state index contributed by atoms with van der Waals surface area (Å²) in [7, 11) is 0. The minimum atomic E-state index is -0.763. The topological polar surface area (TPSA) is 72.8 Å². The van der Waals surface area contributed by atoms with E-state index in [1.54, 1.807) is 38.1 Å². The highest BCUT2D eigenvalue weighted by molar-refractivity contribution is 6.11. The molecule has 128 valence electrons. The largest absolute Gasteiger partial charge is 0.493 e. The Hall–Kier alpha value is -2.40. The van der Waals surface area contributed by atoms with Gasteiger partial charge in [-0.3, -0.25) is 4.79 Å². The van der Waals surface area contributed by atoms with Crippen LogP contribution in [0.1, 0.15) is 47.9 Å². The summed E-state index contributed by atoms with van der Waals surface area (Å²) in [5.74, 6) is -0.188. The maximum Gasteiger partial charge on any atom is 0.338 e. The van der Waals surface area contributed by atoms with Crippen LogP contribution in [0.15, 0.2) is 30.3 Å². The zero-order valence-electron chi connectivity index (χ0n) is 14.2. The molecule has 2 aliphatic rings. The van der Waals surface area contributed by atoms with E-state index >= 15 is 0 Å². The standard InChI is InChI=1S/C19H22O5/c1-4-23-17-9-7-6-8-13-14(19(22)24-5-2)11-15(18(13)17)16(21)10-12(3)20/h6-9,11-12,20H,4-5,10H2,1-3H3. The third-order valence-corrected chi connectivity index (χ3v) is 3.56. The van der Waals surface area contributed by atoms with Crippen molar-refractivity contribution in [2.45, 2.75) is 33.3 Å². The zero-order chi connectivity index (χ0) is 17.7. The zero-order valence-corrected chi connectivity index (χ0v) is 14.2. The van der Waals surface area contributed by atoms with E-state index in [9.17, 15) is 14.7 Å². The Morgan fingerprint density at radius 2 is 1.83 bits per heavy atom. The van der Waals surface area contributed by atoms with Gasteiger partial charge in [0, 0.05) is 23.1 Å². The molecule has 0 fully saturated rings. The van der Waals surface area contributed by atoms with E-state index in [4.69, 9.17) is 9.47 Å². The Balaban J connectivity index is 2.65. The summed E-state index contributed by atoms with van der Waals surface area (Å²) in [6.45, 7) is 5.82. The van der Waals surface area contributed by atoms with E-state index < -0.39 is 12.1 Å². The molecule has 1 atom stereocenters. The molecule has 1 unspecified atom stereocenters. The first-order valence-corrected chi connectivity index (χ1v) is 8.06. The normalized spacial score (nSPS) is 12.0. The maximum absolute atomic E-state index is 12.6. The molecule has 5 nitrogen and oxygen atoms in total. The number of Topliss-reactive ketones (excluding diaryl/α,β-unsaturated/α-hetero) is 1. The second kappa shape index (κ2) is 7.93. The van der Waals surface area contributed by atoms with Crippen LogP contribution in [0.5, 0.6) is 5.75 Å². The van der Waals surface area contributed by atoms with Crippen LogP contribution < -0.4 is 4.74 Å². The van der Waals surface area contributed by atoms with Gasteiger partial charge in [0.25, 0.3) is 0 Å². The summed E-state index contributed by atoms with van der Waals surface area (Å²) < 4.78 is 10.8. The molecule has 1 N–H and O–H groups in total. The molecule has 0 aliphatic heterocycles. The number of hydrogen-bond acceptors (Lipinski definition) is 5. The van der Waals surface area contributed by atoms with E-state index in [1.165, 1.54) is 6.07 Å². The lowest BCUT2D eigenvalue weighted by atomic mass is 10.0. The Morgan fingerprint density at radius 3 is 2.46 bits per heavy atom. The second-order valence-electron chi connectivity index (χ2n) is 5.47. The number of ketones is 1. The number of ether oxygens (including phenoxy) is 2. The Labute approximate surface area is 141 Å². The Morgan fingerprint density at radius 1 is 1.12 bits per heavy atom. The summed E-state index contributed by atoms with van der Waals surface area (Å²) in [5, 5.41) is 9.53. The summed E-state index contributed by atoms with van der Waals surface area (Å²) in [4.78, 5) is 24.8. The third kappa shape index (κ3) is 3.74. The lowest BCUT2D eigenvalue weighted by Crippen LogP contribution is -2.09. The predicted molar refractivity (Wildman–Crippen MR) is 90.8 cm³/mol. The summed E-state index contributed by atoms with van der Waals surface area (Å²) in [6, 6.07) is 8.65. The van der Waals surface area contributed by atoms with Gasteiger partial charge in [0.1, 0.15) is 5.75 Å². The van der Waals surface area contributed by atoms with Gasteiger partial charge in [-0.1, -0.05) is 18.2 Å². The minimum absolute atomic E-state index is 0.0223. The number of carbonyl (C=O) groups is 2. The maximum atomic E-state index is 12.6. The molecular weight excluding hydrogens is 308 g/mol. The highest BCUT2D eigenvalue weighted by atomic mass is 16.5. The van der Waals surface area contributed by atoms with Gasteiger partial charge in [0.05, 0.1) is 24.9 Å². The molecule has 24 heavy (non-hydrogen) atoms. The van der Waals surface area contributed by atoms with Crippen molar-refractivity contribution in [2.24, 2.45) is 0 Å². The lowest BCUT2D eigenvalue weighted by molar-refractivity contribution is 0.0527. The monoisotopic (exact) mass is 330 g/mol. The molecule has 0 amide bonds. The quantitative estimate of drug-likeness (QED) is 0.623. The fourth-order valence-corrected chi connectivity index (χ4v) is 2.64. The first-order valence-electron chi connectivity index (χ1n) is 8.06. The van der Waals surface area contributed by atoms with Crippen LogP contribution >= 0.6 is 0 Å². The van der Waals surface area contributed by atoms with Crippen LogP contribution in [0.3, 0.4) is 0 Å². The Kier molecular flexibility index (Phi) is 5.93. The summed E-state index contributed by atoms with van der Waals surface area (Å²) in [6.07, 6.45) is -0.785. The molecule has 0 aromatic heterocycles.